The second kappa shape index (κ2) is 11.1. The first-order valence-electron chi connectivity index (χ1n) is 6.87. The molecular weight excluding hydrogens is 301 g/mol. The van der Waals surface area contributed by atoms with E-state index in [1.54, 1.807) is 0 Å². The third-order valence-corrected chi connectivity index (χ3v) is 3.20. The molecule has 0 amide bonds. The summed E-state index contributed by atoms with van der Waals surface area (Å²) in [6, 6.07) is 0.514. The Hall–Kier alpha value is -0.560. The highest BCUT2D eigenvalue weighted by atomic mass is 35.5. The van der Waals surface area contributed by atoms with E-state index in [0.717, 1.165) is 13.0 Å². The van der Waals surface area contributed by atoms with Crippen LogP contribution in [0.3, 0.4) is 0 Å². The van der Waals surface area contributed by atoms with Crippen LogP contribution >= 0.6 is 24.8 Å². The van der Waals surface area contributed by atoms with Gasteiger partial charge in [0.2, 0.25) is 5.89 Å². The predicted molar refractivity (Wildman–Crippen MR) is 85.0 cm³/mol. The molecule has 0 radical (unpaired) electrons. The Morgan fingerprint density at radius 1 is 1.15 bits per heavy atom. The second-order valence-electron chi connectivity index (χ2n) is 4.72. The van der Waals surface area contributed by atoms with Crippen molar-refractivity contribution in [1.29, 1.82) is 0 Å². The zero-order valence-electron chi connectivity index (χ0n) is 11.7. The number of aromatic nitrogens is 2. The SMILES string of the molecule is Cl.Cl.NCCc1nnc(NCCCCN2CCCC2)o1. The van der Waals surface area contributed by atoms with Gasteiger partial charge in [0, 0.05) is 19.5 Å². The lowest BCUT2D eigenvalue weighted by atomic mass is 10.3. The molecule has 1 saturated heterocycles. The van der Waals surface area contributed by atoms with E-state index >= 15 is 0 Å². The van der Waals surface area contributed by atoms with Crippen molar-refractivity contribution in [3.8, 4) is 0 Å². The summed E-state index contributed by atoms with van der Waals surface area (Å²) in [7, 11) is 0. The number of likely N-dealkylation sites (tertiary alicyclic amines) is 1. The fraction of sp³-hybridized carbons (Fsp3) is 0.833. The molecular formula is C12H25Cl2N5O. The Morgan fingerprint density at radius 2 is 1.90 bits per heavy atom. The molecule has 3 N–H and O–H groups in total. The molecule has 2 rings (SSSR count). The molecule has 0 aromatic carbocycles. The van der Waals surface area contributed by atoms with Crippen molar-refractivity contribution in [2.75, 3.05) is 38.0 Å². The highest BCUT2D eigenvalue weighted by Crippen LogP contribution is 2.09. The zero-order chi connectivity index (χ0) is 12.6. The van der Waals surface area contributed by atoms with Crippen LogP contribution in [0.5, 0.6) is 0 Å². The lowest BCUT2D eigenvalue weighted by Crippen LogP contribution is -2.20. The highest BCUT2D eigenvalue weighted by molar-refractivity contribution is 5.85. The van der Waals surface area contributed by atoms with E-state index in [-0.39, 0.29) is 24.8 Å². The summed E-state index contributed by atoms with van der Waals surface area (Å²) in [6.45, 7) is 5.19. The van der Waals surface area contributed by atoms with Crippen LogP contribution in [0.2, 0.25) is 0 Å². The van der Waals surface area contributed by atoms with Crippen LogP contribution in [-0.4, -0.2) is 47.8 Å². The number of nitrogens with zero attached hydrogens (tertiary/aromatic N) is 3. The average molecular weight is 326 g/mol. The van der Waals surface area contributed by atoms with Crippen LogP contribution in [0, 0.1) is 0 Å². The third kappa shape index (κ3) is 6.74. The largest absolute Gasteiger partial charge is 0.408 e. The van der Waals surface area contributed by atoms with E-state index in [0.29, 0.717) is 24.9 Å². The van der Waals surface area contributed by atoms with Gasteiger partial charge in [-0.15, -0.1) is 29.9 Å². The van der Waals surface area contributed by atoms with E-state index < -0.39 is 0 Å². The van der Waals surface area contributed by atoms with E-state index in [1.807, 2.05) is 0 Å². The van der Waals surface area contributed by atoms with Crippen molar-refractivity contribution >= 4 is 30.8 Å². The summed E-state index contributed by atoms with van der Waals surface area (Å²) in [5, 5.41) is 11.0. The number of halogens is 2. The average Bonchev–Trinajstić information content (AvgIpc) is 3.01. The molecule has 1 aliphatic heterocycles. The van der Waals surface area contributed by atoms with Gasteiger partial charge in [0.05, 0.1) is 0 Å². The summed E-state index contributed by atoms with van der Waals surface area (Å²) in [5.41, 5.74) is 5.42. The molecule has 8 heteroatoms. The van der Waals surface area contributed by atoms with Crippen LogP contribution in [0.4, 0.5) is 6.01 Å². The molecule has 2 heterocycles. The Kier molecular flexibility index (Phi) is 10.8. The fourth-order valence-electron chi connectivity index (χ4n) is 2.21. The standard InChI is InChI=1S/C12H23N5O.2ClH/c13-6-5-11-15-16-12(18-11)14-7-1-2-8-17-9-3-4-10-17;;/h1-10,13H2,(H,14,16);2*1H. The Morgan fingerprint density at radius 3 is 2.60 bits per heavy atom. The number of hydrogen-bond donors (Lipinski definition) is 2. The van der Waals surface area contributed by atoms with Gasteiger partial charge in [-0.25, -0.2) is 0 Å². The van der Waals surface area contributed by atoms with Gasteiger partial charge in [-0.2, -0.15) is 0 Å². The van der Waals surface area contributed by atoms with E-state index in [2.05, 4.69) is 20.4 Å². The minimum Gasteiger partial charge on any atom is -0.408 e. The van der Waals surface area contributed by atoms with Gasteiger partial charge in [-0.3, -0.25) is 0 Å². The van der Waals surface area contributed by atoms with Crippen LogP contribution in [0.1, 0.15) is 31.6 Å². The van der Waals surface area contributed by atoms with Crippen LogP contribution in [0.15, 0.2) is 4.42 Å². The molecule has 0 bridgehead atoms. The minimum absolute atomic E-state index is 0. The smallest absolute Gasteiger partial charge is 0.315 e. The predicted octanol–water partition coefficient (Wildman–Crippen LogP) is 1.70. The van der Waals surface area contributed by atoms with Gasteiger partial charge < -0.3 is 20.4 Å². The molecule has 1 fully saturated rings. The summed E-state index contributed by atoms with van der Waals surface area (Å²) in [6.07, 6.45) is 5.72. The van der Waals surface area contributed by atoms with Crippen molar-refractivity contribution in [2.24, 2.45) is 5.73 Å². The summed E-state index contributed by atoms with van der Waals surface area (Å²) < 4.78 is 5.38. The molecule has 0 unspecified atom stereocenters. The number of nitrogens with one attached hydrogen (secondary N) is 1. The Bertz CT molecular complexity index is 344. The van der Waals surface area contributed by atoms with Crippen molar-refractivity contribution in [3.05, 3.63) is 5.89 Å². The van der Waals surface area contributed by atoms with Crippen LogP contribution in [-0.2, 0) is 6.42 Å². The Labute approximate surface area is 132 Å². The van der Waals surface area contributed by atoms with E-state index in [9.17, 15) is 0 Å². The molecule has 0 atom stereocenters. The van der Waals surface area contributed by atoms with E-state index in [1.165, 1.54) is 38.9 Å². The maximum atomic E-state index is 5.42. The van der Waals surface area contributed by atoms with Crippen molar-refractivity contribution in [1.82, 2.24) is 15.1 Å². The van der Waals surface area contributed by atoms with Gasteiger partial charge in [0.25, 0.3) is 0 Å². The second-order valence-corrected chi connectivity index (χ2v) is 4.72. The molecule has 1 aromatic rings. The van der Waals surface area contributed by atoms with Gasteiger partial charge in [-0.05, 0) is 45.3 Å². The number of anilines is 1. The number of nitrogens with two attached hydrogens (primary N) is 1. The normalized spacial score (nSPS) is 14.7. The monoisotopic (exact) mass is 325 g/mol. The molecule has 1 aromatic heterocycles. The molecule has 1 aliphatic rings. The third-order valence-electron chi connectivity index (χ3n) is 3.20. The van der Waals surface area contributed by atoms with Gasteiger partial charge in [0.15, 0.2) is 0 Å². The van der Waals surface area contributed by atoms with Gasteiger partial charge >= 0.3 is 6.01 Å². The lowest BCUT2D eigenvalue weighted by Gasteiger charge is -2.13. The quantitative estimate of drug-likeness (QED) is 0.708. The molecule has 20 heavy (non-hydrogen) atoms. The maximum Gasteiger partial charge on any atom is 0.315 e. The first-order chi connectivity index (χ1) is 8.88. The summed E-state index contributed by atoms with van der Waals surface area (Å²) in [5.74, 6) is 0.608. The van der Waals surface area contributed by atoms with Crippen molar-refractivity contribution in [2.45, 2.75) is 32.1 Å². The first kappa shape index (κ1) is 19.4. The topological polar surface area (TPSA) is 80.2 Å². The highest BCUT2D eigenvalue weighted by Gasteiger charge is 2.10. The van der Waals surface area contributed by atoms with Crippen molar-refractivity contribution < 1.29 is 4.42 Å². The lowest BCUT2D eigenvalue weighted by molar-refractivity contribution is 0.331. The molecule has 118 valence electrons. The van der Waals surface area contributed by atoms with Crippen LogP contribution in [0.25, 0.3) is 0 Å². The first-order valence-corrected chi connectivity index (χ1v) is 6.87. The summed E-state index contributed by atoms with van der Waals surface area (Å²) >= 11 is 0. The van der Waals surface area contributed by atoms with Gasteiger partial charge in [-0.1, -0.05) is 5.10 Å². The summed E-state index contributed by atoms with van der Waals surface area (Å²) in [4.78, 5) is 2.53. The van der Waals surface area contributed by atoms with Crippen LogP contribution < -0.4 is 11.1 Å². The minimum atomic E-state index is 0. The van der Waals surface area contributed by atoms with Gasteiger partial charge in [0.1, 0.15) is 0 Å². The number of rotatable bonds is 8. The zero-order valence-corrected chi connectivity index (χ0v) is 13.3. The Balaban J connectivity index is 0.00000180. The number of unbranched alkanes of at least 4 members (excludes halogenated alkanes) is 1. The molecule has 0 aliphatic carbocycles. The fourth-order valence-corrected chi connectivity index (χ4v) is 2.21. The van der Waals surface area contributed by atoms with E-state index in [4.69, 9.17) is 10.2 Å². The number of hydrogen-bond acceptors (Lipinski definition) is 6. The molecule has 0 saturated carbocycles. The molecule has 0 spiro atoms. The molecule has 6 nitrogen and oxygen atoms in total. The van der Waals surface area contributed by atoms with Crippen molar-refractivity contribution in [3.63, 3.8) is 0 Å². The maximum absolute atomic E-state index is 5.42.